The predicted octanol–water partition coefficient (Wildman–Crippen LogP) is -2.52. The number of nitrogens with two attached hydrogens (primary N) is 3. The Labute approximate surface area is 172 Å². The fraction of sp³-hybridized carbons (Fsp3) is 0.647. The summed E-state index contributed by atoms with van der Waals surface area (Å²) in [5.74, 6) is -0.838. The van der Waals surface area contributed by atoms with E-state index in [2.05, 4.69) is 15.0 Å². The Morgan fingerprint density at radius 1 is 1.27 bits per heavy atom. The molecule has 5 atom stereocenters. The number of carbonyl (C=O) groups is 1. The van der Waals surface area contributed by atoms with E-state index in [1.54, 1.807) is 0 Å². The van der Waals surface area contributed by atoms with E-state index in [4.69, 9.17) is 27.0 Å². The zero-order chi connectivity index (χ0) is 21.8. The first-order valence-electron chi connectivity index (χ1n) is 9.69. The van der Waals surface area contributed by atoms with Crippen LogP contribution in [-0.4, -0.2) is 96.2 Å². The second-order valence-electron chi connectivity index (χ2n) is 7.31. The van der Waals surface area contributed by atoms with Gasteiger partial charge < -0.3 is 37.3 Å². The zero-order valence-corrected chi connectivity index (χ0v) is 16.4. The number of carboxylic acid groups (broad SMARTS) is 1. The van der Waals surface area contributed by atoms with Crippen molar-refractivity contribution in [2.75, 3.05) is 31.9 Å². The largest absolute Gasteiger partial charge is 0.480 e. The van der Waals surface area contributed by atoms with Crippen molar-refractivity contribution in [1.29, 1.82) is 0 Å². The third kappa shape index (κ3) is 4.66. The van der Waals surface area contributed by atoms with E-state index < -0.39 is 36.6 Å². The third-order valence-electron chi connectivity index (χ3n) is 5.19. The minimum absolute atomic E-state index is 0.206. The van der Waals surface area contributed by atoms with Gasteiger partial charge in [0.1, 0.15) is 36.2 Å². The lowest BCUT2D eigenvalue weighted by molar-refractivity contribution is -0.138. The molecule has 1 aliphatic rings. The van der Waals surface area contributed by atoms with Gasteiger partial charge in [-0.3, -0.25) is 14.3 Å². The van der Waals surface area contributed by atoms with Crippen LogP contribution in [0.5, 0.6) is 0 Å². The Morgan fingerprint density at radius 2 is 2.03 bits per heavy atom. The summed E-state index contributed by atoms with van der Waals surface area (Å²) in [6, 6.07) is -0.923. The molecule has 0 saturated carbocycles. The van der Waals surface area contributed by atoms with Crippen LogP contribution in [0.2, 0.25) is 0 Å². The highest BCUT2D eigenvalue weighted by Crippen LogP contribution is 2.32. The molecule has 1 fully saturated rings. The van der Waals surface area contributed by atoms with Crippen molar-refractivity contribution in [2.24, 2.45) is 11.5 Å². The van der Waals surface area contributed by atoms with Crippen LogP contribution < -0.4 is 17.2 Å². The highest BCUT2D eigenvalue weighted by Gasteiger charge is 2.44. The van der Waals surface area contributed by atoms with Gasteiger partial charge in [0.15, 0.2) is 17.7 Å². The van der Waals surface area contributed by atoms with E-state index in [0.29, 0.717) is 50.2 Å². The molecule has 5 unspecified atom stereocenters. The van der Waals surface area contributed by atoms with E-state index in [1.165, 1.54) is 17.2 Å². The van der Waals surface area contributed by atoms with E-state index in [-0.39, 0.29) is 5.82 Å². The topological polar surface area (TPSA) is 212 Å². The average Bonchev–Trinajstić information content (AvgIpc) is 3.25. The summed E-state index contributed by atoms with van der Waals surface area (Å²) in [7, 11) is 0. The van der Waals surface area contributed by atoms with Crippen molar-refractivity contribution >= 4 is 23.0 Å². The molecule has 166 valence electrons. The van der Waals surface area contributed by atoms with Gasteiger partial charge in [-0.25, -0.2) is 15.0 Å². The summed E-state index contributed by atoms with van der Waals surface area (Å²) < 4.78 is 7.46. The highest BCUT2D eigenvalue weighted by atomic mass is 16.6. The van der Waals surface area contributed by atoms with Crippen LogP contribution in [0.15, 0.2) is 12.7 Å². The van der Waals surface area contributed by atoms with E-state index in [1.807, 2.05) is 4.90 Å². The maximum atomic E-state index is 10.9. The SMILES string of the molecule is NCCN(CCCC(N)C(=O)O)CC1OC(n2cnc3c(N)ncnc32)C(O)C1O. The summed E-state index contributed by atoms with van der Waals surface area (Å²) in [6.45, 7) is 1.73. The number of fused-ring (bicyclic) bond motifs is 1. The minimum Gasteiger partial charge on any atom is -0.480 e. The first-order chi connectivity index (χ1) is 14.3. The zero-order valence-electron chi connectivity index (χ0n) is 16.4. The second kappa shape index (κ2) is 9.59. The predicted molar refractivity (Wildman–Crippen MR) is 106 cm³/mol. The summed E-state index contributed by atoms with van der Waals surface area (Å²) in [6.07, 6.45) is -0.357. The highest BCUT2D eigenvalue weighted by molar-refractivity contribution is 5.81. The number of aliphatic hydroxyl groups is 2. The van der Waals surface area contributed by atoms with Crippen LogP contribution in [0.1, 0.15) is 19.1 Å². The van der Waals surface area contributed by atoms with Gasteiger partial charge >= 0.3 is 5.97 Å². The lowest BCUT2D eigenvalue weighted by Gasteiger charge is -2.26. The summed E-state index contributed by atoms with van der Waals surface area (Å²) in [5, 5.41) is 30.0. The molecule has 0 amide bonds. The van der Waals surface area contributed by atoms with Gasteiger partial charge in [0.2, 0.25) is 0 Å². The second-order valence-corrected chi connectivity index (χ2v) is 7.31. The van der Waals surface area contributed by atoms with E-state index in [0.717, 1.165) is 0 Å². The lowest BCUT2D eigenvalue weighted by atomic mass is 10.1. The van der Waals surface area contributed by atoms with E-state index in [9.17, 15) is 15.0 Å². The Hall–Kier alpha value is -2.42. The van der Waals surface area contributed by atoms with Crippen molar-refractivity contribution in [3.63, 3.8) is 0 Å². The van der Waals surface area contributed by atoms with Crippen molar-refractivity contribution in [3.8, 4) is 0 Å². The molecule has 0 radical (unpaired) electrons. The normalized spacial score (nSPS) is 25.2. The summed E-state index contributed by atoms with van der Waals surface area (Å²) >= 11 is 0. The monoisotopic (exact) mass is 424 g/mol. The Morgan fingerprint density at radius 3 is 2.73 bits per heavy atom. The first-order valence-corrected chi connectivity index (χ1v) is 9.69. The molecule has 0 aliphatic carbocycles. The average molecular weight is 424 g/mol. The molecule has 1 saturated heterocycles. The number of nitrogen functional groups attached to an aromatic ring is 1. The lowest BCUT2D eigenvalue weighted by Crippen LogP contribution is -2.42. The van der Waals surface area contributed by atoms with Gasteiger partial charge in [-0.15, -0.1) is 0 Å². The van der Waals surface area contributed by atoms with Gasteiger partial charge in [-0.05, 0) is 19.4 Å². The molecule has 13 heteroatoms. The number of aromatic nitrogens is 4. The molecule has 0 spiro atoms. The van der Waals surface area contributed by atoms with Crippen LogP contribution in [0.4, 0.5) is 5.82 Å². The molecular weight excluding hydrogens is 396 g/mol. The number of aliphatic hydroxyl groups excluding tert-OH is 2. The number of rotatable bonds is 10. The molecule has 3 rings (SSSR count). The molecule has 9 N–H and O–H groups in total. The maximum absolute atomic E-state index is 10.9. The van der Waals surface area contributed by atoms with Gasteiger partial charge in [0.05, 0.1) is 6.33 Å². The van der Waals surface area contributed by atoms with Crippen LogP contribution in [0.25, 0.3) is 11.2 Å². The molecule has 30 heavy (non-hydrogen) atoms. The van der Waals surface area contributed by atoms with Crippen molar-refractivity contribution in [3.05, 3.63) is 12.7 Å². The van der Waals surface area contributed by atoms with E-state index >= 15 is 0 Å². The summed E-state index contributed by atoms with van der Waals surface area (Å²) in [4.78, 5) is 25.0. The van der Waals surface area contributed by atoms with Crippen LogP contribution >= 0.6 is 0 Å². The van der Waals surface area contributed by atoms with Gasteiger partial charge in [-0.2, -0.15) is 0 Å². The Kier molecular flexibility index (Phi) is 7.12. The smallest absolute Gasteiger partial charge is 0.320 e. The third-order valence-corrected chi connectivity index (χ3v) is 5.19. The van der Waals surface area contributed by atoms with Gasteiger partial charge in [0.25, 0.3) is 0 Å². The Balaban J connectivity index is 1.67. The number of anilines is 1. The number of hydrogen-bond donors (Lipinski definition) is 6. The molecule has 2 aromatic rings. The number of nitrogens with zero attached hydrogens (tertiary/aromatic N) is 5. The van der Waals surface area contributed by atoms with Crippen LogP contribution in [-0.2, 0) is 9.53 Å². The maximum Gasteiger partial charge on any atom is 0.320 e. The molecule has 1 aliphatic heterocycles. The quantitative estimate of drug-likeness (QED) is 0.233. The number of carboxylic acids is 1. The van der Waals surface area contributed by atoms with Gasteiger partial charge in [-0.1, -0.05) is 0 Å². The van der Waals surface area contributed by atoms with Crippen molar-refractivity contribution in [2.45, 2.75) is 43.4 Å². The minimum atomic E-state index is -1.20. The Bertz CT molecular complexity index is 864. The molecule has 3 heterocycles. The molecular formula is C17H28N8O5. The standard InChI is InChI=1S/C17H28N8O5/c18-3-5-24(4-1-2-9(19)17(28)29)6-10-12(26)13(27)16(30-10)25-8-23-11-14(20)21-7-22-15(11)25/h7-10,12-13,16,26-27H,1-6,18-19H2,(H,28,29)(H2,20,21,22). The van der Waals surface area contributed by atoms with Crippen molar-refractivity contribution < 1.29 is 24.9 Å². The number of imidazole rings is 1. The number of ether oxygens (including phenoxy) is 1. The van der Waals surface area contributed by atoms with Crippen LogP contribution in [0, 0.1) is 0 Å². The molecule has 0 aromatic carbocycles. The number of hydrogen-bond acceptors (Lipinski definition) is 11. The first kappa shape index (κ1) is 22.3. The summed E-state index contributed by atoms with van der Waals surface area (Å²) in [5.41, 5.74) is 17.8. The fourth-order valence-corrected chi connectivity index (χ4v) is 3.56. The van der Waals surface area contributed by atoms with Crippen molar-refractivity contribution in [1.82, 2.24) is 24.4 Å². The molecule has 13 nitrogen and oxygen atoms in total. The molecule has 2 aromatic heterocycles. The number of aliphatic carboxylic acids is 1. The van der Waals surface area contributed by atoms with Gasteiger partial charge in [0, 0.05) is 19.6 Å². The fourth-order valence-electron chi connectivity index (χ4n) is 3.56. The molecule has 0 bridgehead atoms. The van der Waals surface area contributed by atoms with Crippen LogP contribution in [0.3, 0.4) is 0 Å².